The Hall–Kier alpha value is -0.930. The van der Waals surface area contributed by atoms with Crippen LogP contribution in [0.2, 0.25) is 5.02 Å². The van der Waals surface area contributed by atoms with Gasteiger partial charge in [-0.15, -0.1) is 11.3 Å². The van der Waals surface area contributed by atoms with E-state index in [-0.39, 0.29) is 5.82 Å². The van der Waals surface area contributed by atoms with Gasteiger partial charge in [-0.25, -0.2) is 9.37 Å². The molecule has 1 nitrogen and oxygen atoms in total. The van der Waals surface area contributed by atoms with Crippen LogP contribution in [0.4, 0.5) is 4.39 Å². The fourth-order valence-corrected chi connectivity index (χ4v) is 2.21. The minimum Gasteiger partial charge on any atom is -0.241 e. The van der Waals surface area contributed by atoms with E-state index in [0.717, 1.165) is 11.4 Å². The van der Waals surface area contributed by atoms with Crippen LogP contribution in [0.1, 0.15) is 11.9 Å². The van der Waals surface area contributed by atoms with Crippen molar-refractivity contribution in [3.8, 4) is 11.3 Å². The molecule has 0 aliphatic rings. The fraction of sp³-hybridized carbons (Fsp3) is 0.182. The summed E-state index contributed by atoms with van der Waals surface area (Å²) in [5.41, 5.74) is 1.13. The van der Waals surface area contributed by atoms with E-state index in [1.165, 1.54) is 23.5 Å². The van der Waals surface area contributed by atoms with Gasteiger partial charge < -0.3 is 0 Å². The standard InChI is InChI=1S/C11H9ClFNS/c1-2-11-14-10(6-15-11)8-5-7(12)3-4-9(8)13/h3-6H,2H2,1H3. The molecule has 0 N–H and O–H groups in total. The highest BCUT2D eigenvalue weighted by Crippen LogP contribution is 2.27. The topological polar surface area (TPSA) is 12.9 Å². The Morgan fingerprint density at radius 2 is 2.27 bits per heavy atom. The molecule has 1 heterocycles. The summed E-state index contributed by atoms with van der Waals surface area (Å²) in [5.74, 6) is -0.285. The van der Waals surface area contributed by atoms with Crippen molar-refractivity contribution in [2.24, 2.45) is 0 Å². The van der Waals surface area contributed by atoms with Crippen molar-refractivity contribution in [2.45, 2.75) is 13.3 Å². The van der Waals surface area contributed by atoms with E-state index < -0.39 is 0 Å². The largest absolute Gasteiger partial charge is 0.241 e. The lowest BCUT2D eigenvalue weighted by atomic mass is 10.1. The lowest BCUT2D eigenvalue weighted by molar-refractivity contribution is 0.631. The van der Waals surface area contributed by atoms with Gasteiger partial charge in [-0.1, -0.05) is 18.5 Å². The number of aryl methyl sites for hydroxylation is 1. The molecule has 1 aromatic heterocycles. The van der Waals surface area contributed by atoms with Crippen molar-refractivity contribution in [1.82, 2.24) is 4.98 Å². The van der Waals surface area contributed by atoms with Gasteiger partial charge >= 0.3 is 0 Å². The van der Waals surface area contributed by atoms with E-state index in [1.54, 1.807) is 6.07 Å². The Labute approximate surface area is 96.5 Å². The maximum atomic E-state index is 13.5. The third-order valence-electron chi connectivity index (χ3n) is 2.06. The van der Waals surface area contributed by atoms with Crippen molar-refractivity contribution < 1.29 is 4.39 Å². The summed E-state index contributed by atoms with van der Waals surface area (Å²) in [6, 6.07) is 4.50. The number of rotatable bonds is 2. The molecule has 0 unspecified atom stereocenters. The van der Waals surface area contributed by atoms with Crippen LogP contribution in [0.15, 0.2) is 23.6 Å². The second-order valence-electron chi connectivity index (χ2n) is 3.10. The zero-order valence-electron chi connectivity index (χ0n) is 8.13. The first-order valence-electron chi connectivity index (χ1n) is 4.60. The molecule has 0 radical (unpaired) electrons. The Balaban J connectivity index is 2.48. The average Bonchev–Trinajstić information content (AvgIpc) is 2.70. The Kier molecular flexibility index (Phi) is 3.03. The molecule has 4 heteroatoms. The van der Waals surface area contributed by atoms with Gasteiger partial charge in [0, 0.05) is 16.0 Å². The van der Waals surface area contributed by atoms with Crippen molar-refractivity contribution >= 4 is 22.9 Å². The predicted molar refractivity (Wildman–Crippen MR) is 61.9 cm³/mol. The monoisotopic (exact) mass is 241 g/mol. The third-order valence-corrected chi connectivity index (χ3v) is 3.29. The van der Waals surface area contributed by atoms with Gasteiger partial charge in [-0.2, -0.15) is 0 Å². The molecule has 1 aromatic carbocycles. The van der Waals surface area contributed by atoms with Crippen LogP contribution in [-0.2, 0) is 6.42 Å². The number of benzene rings is 1. The zero-order chi connectivity index (χ0) is 10.8. The highest BCUT2D eigenvalue weighted by atomic mass is 35.5. The minimum absolute atomic E-state index is 0.285. The molecule has 0 bridgehead atoms. The zero-order valence-corrected chi connectivity index (χ0v) is 9.70. The Morgan fingerprint density at radius 1 is 1.47 bits per heavy atom. The van der Waals surface area contributed by atoms with Crippen molar-refractivity contribution in [1.29, 1.82) is 0 Å². The molecule has 15 heavy (non-hydrogen) atoms. The van der Waals surface area contributed by atoms with Gasteiger partial charge in [-0.05, 0) is 24.6 Å². The van der Waals surface area contributed by atoms with Crippen LogP contribution >= 0.6 is 22.9 Å². The summed E-state index contributed by atoms with van der Waals surface area (Å²) in [6.07, 6.45) is 0.868. The normalized spacial score (nSPS) is 10.6. The highest BCUT2D eigenvalue weighted by molar-refractivity contribution is 7.09. The molecular weight excluding hydrogens is 233 g/mol. The first-order chi connectivity index (χ1) is 7.20. The first-order valence-corrected chi connectivity index (χ1v) is 5.86. The van der Waals surface area contributed by atoms with Crippen molar-refractivity contribution in [3.05, 3.63) is 39.4 Å². The smallest absolute Gasteiger partial charge is 0.132 e. The first kappa shape index (κ1) is 10.6. The molecule has 0 aliphatic carbocycles. The molecule has 0 amide bonds. The van der Waals surface area contributed by atoms with Crippen molar-refractivity contribution in [2.75, 3.05) is 0 Å². The van der Waals surface area contributed by atoms with E-state index in [1.807, 2.05) is 12.3 Å². The van der Waals surface area contributed by atoms with E-state index in [0.29, 0.717) is 16.3 Å². The number of hydrogen-bond donors (Lipinski definition) is 0. The van der Waals surface area contributed by atoms with Crippen LogP contribution < -0.4 is 0 Å². The average molecular weight is 242 g/mol. The molecular formula is C11H9ClFNS. The van der Waals surface area contributed by atoms with Gasteiger partial charge in [0.05, 0.1) is 10.7 Å². The summed E-state index contributed by atoms with van der Waals surface area (Å²) in [5, 5.41) is 3.38. The van der Waals surface area contributed by atoms with Crippen LogP contribution in [0.25, 0.3) is 11.3 Å². The highest BCUT2D eigenvalue weighted by Gasteiger charge is 2.09. The van der Waals surface area contributed by atoms with Crippen LogP contribution in [0.5, 0.6) is 0 Å². The molecule has 78 valence electrons. The van der Waals surface area contributed by atoms with Crippen LogP contribution in [0.3, 0.4) is 0 Å². The van der Waals surface area contributed by atoms with Gasteiger partial charge in [0.25, 0.3) is 0 Å². The molecule has 2 rings (SSSR count). The summed E-state index contributed by atoms with van der Waals surface area (Å²) in [7, 11) is 0. The lowest BCUT2D eigenvalue weighted by Crippen LogP contribution is -1.85. The number of nitrogens with zero attached hydrogens (tertiary/aromatic N) is 1. The Bertz CT molecular complexity index is 481. The van der Waals surface area contributed by atoms with Gasteiger partial charge in [0.2, 0.25) is 0 Å². The molecule has 0 saturated carbocycles. The van der Waals surface area contributed by atoms with Gasteiger partial charge in [0.15, 0.2) is 0 Å². The van der Waals surface area contributed by atoms with Gasteiger partial charge in [0.1, 0.15) is 5.82 Å². The lowest BCUT2D eigenvalue weighted by Gasteiger charge is -1.99. The minimum atomic E-state index is -0.285. The fourth-order valence-electron chi connectivity index (χ4n) is 1.29. The summed E-state index contributed by atoms with van der Waals surface area (Å²) < 4.78 is 13.5. The third kappa shape index (κ3) is 2.19. The second kappa shape index (κ2) is 4.29. The summed E-state index contributed by atoms with van der Waals surface area (Å²) >= 11 is 7.35. The molecule has 0 saturated heterocycles. The summed E-state index contributed by atoms with van der Waals surface area (Å²) in [4.78, 5) is 4.32. The number of hydrogen-bond acceptors (Lipinski definition) is 2. The molecule has 0 atom stereocenters. The number of aromatic nitrogens is 1. The van der Waals surface area contributed by atoms with E-state index in [9.17, 15) is 4.39 Å². The summed E-state index contributed by atoms with van der Waals surface area (Å²) in [6.45, 7) is 2.02. The Morgan fingerprint density at radius 3 is 2.93 bits per heavy atom. The van der Waals surface area contributed by atoms with Crippen LogP contribution in [-0.4, -0.2) is 4.98 Å². The molecule has 2 aromatic rings. The SMILES string of the molecule is CCc1nc(-c2cc(Cl)ccc2F)cs1. The predicted octanol–water partition coefficient (Wildman–Crippen LogP) is 4.17. The maximum absolute atomic E-state index is 13.5. The molecule has 0 spiro atoms. The quantitative estimate of drug-likeness (QED) is 0.769. The van der Waals surface area contributed by atoms with E-state index >= 15 is 0 Å². The van der Waals surface area contributed by atoms with E-state index in [4.69, 9.17) is 11.6 Å². The second-order valence-corrected chi connectivity index (χ2v) is 4.48. The van der Waals surface area contributed by atoms with E-state index in [2.05, 4.69) is 4.98 Å². The molecule has 0 fully saturated rings. The molecule has 0 aliphatic heterocycles. The number of halogens is 2. The number of thiazole rings is 1. The van der Waals surface area contributed by atoms with Crippen molar-refractivity contribution in [3.63, 3.8) is 0 Å². The van der Waals surface area contributed by atoms with Crippen LogP contribution in [0, 0.1) is 5.82 Å². The maximum Gasteiger partial charge on any atom is 0.132 e. The van der Waals surface area contributed by atoms with Gasteiger partial charge in [-0.3, -0.25) is 0 Å².